The van der Waals surface area contributed by atoms with Crippen LogP contribution >= 0.6 is 0 Å². The minimum Gasteiger partial charge on any atom is -0.493 e. The van der Waals surface area contributed by atoms with Gasteiger partial charge in [-0.2, -0.15) is 0 Å². The van der Waals surface area contributed by atoms with Crippen molar-refractivity contribution in [3.63, 3.8) is 0 Å². The quantitative estimate of drug-likeness (QED) is 0.356. The normalized spacial score (nSPS) is 19.7. The highest BCUT2D eigenvalue weighted by Crippen LogP contribution is 2.41. The van der Waals surface area contributed by atoms with Gasteiger partial charge in [-0.05, 0) is 31.7 Å². The summed E-state index contributed by atoms with van der Waals surface area (Å²) in [6.45, 7) is 4.15. The van der Waals surface area contributed by atoms with Gasteiger partial charge in [-0.3, -0.25) is 9.59 Å². The van der Waals surface area contributed by atoms with Gasteiger partial charge in [-0.15, -0.1) is 0 Å². The Morgan fingerprint density at radius 1 is 1.24 bits per heavy atom. The zero-order valence-corrected chi connectivity index (χ0v) is 19.0. The molecule has 33 heavy (non-hydrogen) atoms. The van der Waals surface area contributed by atoms with E-state index in [4.69, 9.17) is 14.2 Å². The van der Waals surface area contributed by atoms with Gasteiger partial charge in [0.15, 0.2) is 17.7 Å². The summed E-state index contributed by atoms with van der Waals surface area (Å²) in [5.74, 6) is -0.0932. The van der Waals surface area contributed by atoms with Crippen LogP contribution in [0.5, 0.6) is 11.5 Å². The zero-order valence-electron chi connectivity index (χ0n) is 19.0. The van der Waals surface area contributed by atoms with E-state index in [0.29, 0.717) is 25.1 Å². The number of fused-ring (bicyclic) bond motifs is 2. The van der Waals surface area contributed by atoms with Crippen LogP contribution in [0.4, 0.5) is 10.5 Å². The van der Waals surface area contributed by atoms with Gasteiger partial charge in [0.2, 0.25) is 0 Å². The molecule has 10 nitrogen and oxygen atoms in total. The molecule has 2 unspecified atom stereocenters. The fraction of sp³-hybridized carbons (Fsp3) is 0.522. The fourth-order valence-electron chi connectivity index (χ4n) is 4.09. The van der Waals surface area contributed by atoms with E-state index in [0.717, 1.165) is 17.7 Å². The topological polar surface area (TPSA) is 115 Å². The van der Waals surface area contributed by atoms with Gasteiger partial charge in [0.05, 0.1) is 38.1 Å². The number of hydrogen-bond donors (Lipinski definition) is 1. The number of hydrogen-bond acceptors (Lipinski definition) is 8. The molecule has 0 saturated carbocycles. The minimum absolute atomic E-state index is 0.0489. The van der Waals surface area contributed by atoms with Crippen molar-refractivity contribution in [2.24, 2.45) is 0 Å². The van der Waals surface area contributed by atoms with Crippen LogP contribution < -0.4 is 14.4 Å². The summed E-state index contributed by atoms with van der Waals surface area (Å²) >= 11 is 0. The average Bonchev–Trinajstić information content (AvgIpc) is 2.92. The van der Waals surface area contributed by atoms with Crippen molar-refractivity contribution >= 4 is 23.7 Å². The van der Waals surface area contributed by atoms with Gasteiger partial charge in [-0.25, -0.2) is 9.69 Å². The Bertz CT molecular complexity index is 903. The lowest BCUT2D eigenvalue weighted by Gasteiger charge is -2.38. The smallest absolute Gasteiger partial charge is 0.416 e. The maximum Gasteiger partial charge on any atom is 0.416 e. The van der Waals surface area contributed by atoms with Crippen LogP contribution in [0.15, 0.2) is 24.8 Å². The molecule has 2 heterocycles. The number of esters is 1. The monoisotopic (exact) mass is 462 g/mol. The molecule has 1 saturated heterocycles. The standard InChI is InChI=1S/C23H30N2O8/c1-4-11-33-23(29)25-17-14-19(32-12-7-9-20(26)31-3)18(30-2)13-15(17)21(27)24-10-6-5-8-16(24)22(25)28/h4,13-14,16,22,28H,1,5-12H2,2-3H3. The van der Waals surface area contributed by atoms with E-state index in [1.165, 1.54) is 32.4 Å². The molecule has 0 aromatic heterocycles. The molecule has 0 aliphatic carbocycles. The number of aliphatic hydroxyl groups excluding tert-OH is 1. The van der Waals surface area contributed by atoms with Crippen molar-refractivity contribution in [3.8, 4) is 11.5 Å². The fourth-order valence-corrected chi connectivity index (χ4v) is 4.09. The second kappa shape index (κ2) is 11.0. The Labute approximate surface area is 192 Å². The number of carbonyl (C=O) groups excluding carboxylic acids is 3. The molecule has 0 bridgehead atoms. The Morgan fingerprint density at radius 2 is 2.03 bits per heavy atom. The Balaban J connectivity index is 2.00. The van der Waals surface area contributed by atoms with Crippen LogP contribution in [0.2, 0.25) is 0 Å². The maximum atomic E-state index is 13.4. The lowest BCUT2D eigenvalue weighted by atomic mass is 10.0. The maximum absolute atomic E-state index is 13.4. The lowest BCUT2D eigenvalue weighted by molar-refractivity contribution is -0.140. The summed E-state index contributed by atoms with van der Waals surface area (Å²) < 4.78 is 21.1. The van der Waals surface area contributed by atoms with Crippen LogP contribution in [0.1, 0.15) is 42.5 Å². The van der Waals surface area contributed by atoms with Crippen LogP contribution in [0.3, 0.4) is 0 Å². The third-order valence-electron chi connectivity index (χ3n) is 5.72. The molecule has 1 N–H and O–H groups in total. The van der Waals surface area contributed by atoms with Crippen LogP contribution in [-0.4, -0.2) is 74.2 Å². The number of ether oxygens (including phenoxy) is 4. The van der Waals surface area contributed by atoms with Crippen molar-refractivity contribution in [2.45, 2.75) is 44.4 Å². The first-order valence-corrected chi connectivity index (χ1v) is 10.9. The molecule has 2 aliphatic heterocycles. The largest absolute Gasteiger partial charge is 0.493 e. The van der Waals surface area contributed by atoms with Crippen molar-refractivity contribution in [3.05, 3.63) is 30.4 Å². The second-order valence-corrected chi connectivity index (χ2v) is 7.76. The van der Waals surface area contributed by atoms with Gasteiger partial charge in [-0.1, -0.05) is 12.7 Å². The van der Waals surface area contributed by atoms with Crippen LogP contribution in [-0.2, 0) is 14.3 Å². The van der Waals surface area contributed by atoms with E-state index in [2.05, 4.69) is 11.3 Å². The van der Waals surface area contributed by atoms with E-state index in [1.54, 1.807) is 4.90 Å². The number of aliphatic hydroxyl groups is 1. The summed E-state index contributed by atoms with van der Waals surface area (Å²) in [6.07, 6.45) is 2.09. The van der Waals surface area contributed by atoms with Crippen molar-refractivity contribution in [1.82, 2.24) is 4.90 Å². The Hall–Kier alpha value is -3.27. The molecule has 2 amide bonds. The molecule has 3 rings (SSSR count). The van der Waals surface area contributed by atoms with Gasteiger partial charge in [0.25, 0.3) is 5.91 Å². The number of piperidine rings is 1. The van der Waals surface area contributed by atoms with Gasteiger partial charge >= 0.3 is 12.1 Å². The van der Waals surface area contributed by atoms with Crippen molar-refractivity contribution < 1.29 is 38.4 Å². The number of benzene rings is 1. The molecular weight excluding hydrogens is 432 g/mol. The number of nitrogens with zero attached hydrogens (tertiary/aromatic N) is 2. The highest BCUT2D eigenvalue weighted by molar-refractivity contribution is 6.05. The van der Waals surface area contributed by atoms with Gasteiger partial charge in [0, 0.05) is 19.0 Å². The highest BCUT2D eigenvalue weighted by atomic mass is 16.6. The van der Waals surface area contributed by atoms with Gasteiger partial charge in [0.1, 0.15) is 6.61 Å². The summed E-state index contributed by atoms with van der Waals surface area (Å²) in [7, 11) is 2.76. The van der Waals surface area contributed by atoms with Crippen LogP contribution in [0.25, 0.3) is 0 Å². The summed E-state index contributed by atoms with van der Waals surface area (Å²) in [4.78, 5) is 40.4. The van der Waals surface area contributed by atoms with E-state index < -0.39 is 18.4 Å². The molecule has 0 radical (unpaired) electrons. The van der Waals surface area contributed by atoms with E-state index in [9.17, 15) is 19.5 Å². The minimum atomic E-state index is -1.30. The number of carbonyl (C=O) groups is 3. The number of anilines is 1. The molecular formula is C23H30N2O8. The first kappa shape index (κ1) is 24.4. The molecule has 1 aromatic rings. The van der Waals surface area contributed by atoms with E-state index in [-0.39, 0.29) is 48.5 Å². The third kappa shape index (κ3) is 5.22. The molecule has 180 valence electrons. The number of rotatable bonds is 8. The average molecular weight is 462 g/mol. The summed E-state index contributed by atoms with van der Waals surface area (Å²) in [5, 5.41) is 11.2. The van der Waals surface area contributed by atoms with E-state index in [1.807, 2.05) is 0 Å². The van der Waals surface area contributed by atoms with Crippen molar-refractivity contribution in [1.29, 1.82) is 0 Å². The highest BCUT2D eigenvalue weighted by Gasteiger charge is 2.44. The summed E-state index contributed by atoms with van der Waals surface area (Å²) in [6, 6.07) is 2.43. The van der Waals surface area contributed by atoms with Crippen molar-refractivity contribution in [2.75, 3.05) is 38.9 Å². The Kier molecular flexibility index (Phi) is 8.16. The SMILES string of the molecule is C=CCOC(=O)N1c2cc(OCCCC(=O)OC)c(OC)cc2C(=O)N2CCCCC2C1O. The Morgan fingerprint density at radius 3 is 2.73 bits per heavy atom. The molecule has 10 heteroatoms. The molecule has 0 spiro atoms. The molecule has 1 aromatic carbocycles. The molecule has 2 aliphatic rings. The van der Waals surface area contributed by atoms with Gasteiger partial charge < -0.3 is 29.0 Å². The first-order valence-electron chi connectivity index (χ1n) is 10.9. The first-order chi connectivity index (χ1) is 15.9. The molecule has 2 atom stereocenters. The molecule has 1 fully saturated rings. The lowest BCUT2D eigenvalue weighted by Crippen LogP contribution is -2.55. The second-order valence-electron chi connectivity index (χ2n) is 7.76. The number of methoxy groups -OCH3 is 2. The summed E-state index contributed by atoms with van der Waals surface area (Å²) in [5.41, 5.74) is 0.368. The third-order valence-corrected chi connectivity index (χ3v) is 5.72. The predicted molar refractivity (Wildman–Crippen MR) is 118 cm³/mol. The zero-order chi connectivity index (χ0) is 24.0. The van der Waals surface area contributed by atoms with E-state index >= 15 is 0 Å². The number of amides is 2. The predicted octanol–water partition coefficient (Wildman–Crippen LogP) is 2.48. The van der Waals surface area contributed by atoms with Crippen LogP contribution in [0, 0.1) is 0 Å².